The molecule has 1 rings (SSSR count). The number of halogens is 1. The van der Waals surface area contributed by atoms with Crippen molar-refractivity contribution in [3.05, 3.63) is 0 Å². The van der Waals surface area contributed by atoms with Crippen LogP contribution in [0.2, 0.25) is 0 Å². The fourth-order valence-corrected chi connectivity index (χ4v) is 1.41. The van der Waals surface area contributed by atoms with Gasteiger partial charge in [0.15, 0.2) is 0 Å². The number of aliphatic hydroxyl groups is 1. The maximum absolute atomic E-state index is 8.90. The van der Waals surface area contributed by atoms with Gasteiger partial charge >= 0.3 is 0 Å². The van der Waals surface area contributed by atoms with Crippen LogP contribution in [0.5, 0.6) is 0 Å². The molecule has 0 radical (unpaired) electrons. The zero-order chi connectivity index (χ0) is 5.98. The van der Waals surface area contributed by atoms with Crippen molar-refractivity contribution in [2.24, 2.45) is 0 Å². The summed E-state index contributed by atoms with van der Waals surface area (Å²) >= 11 is 2.26. The molecule has 3 heteroatoms. The molecule has 2 atom stereocenters. The van der Waals surface area contributed by atoms with Crippen LogP contribution in [-0.2, 0) is 4.74 Å². The Bertz CT molecular complexity index is 76.8. The third-order valence-electron chi connectivity index (χ3n) is 1.23. The van der Waals surface area contributed by atoms with Gasteiger partial charge in [-0.15, -0.1) is 0 Å². The van der Waals surface area contributed by atoms with Gasteiger partial charge in [0.05, 0.1) is 18.8 Å². The van der Waals surface area contributed by atoms with Gasteiger partial charge in [-0.05, 0) is 0 Å². The highest BCUT2D eigenvalue weighted by Crippen LogP contribution is 2.14. The minimum atomic E-state index is -0.199. The predicted molar refractivity (Wildman–Crippen MR) is 39.3 cm³/mol. The van der Waals surface area contributed by atoms with Crippen LogP contribution in [0.15, 0.2) is 0 Å². The Morgan fingerprint density at radius 1 is 1.75 bits per heavy atom. The second-order valence-corrected chi connectivity index (χ2v) is 2.88. The van der Waals surface area contributed by atoms with Crippen molar-refractivity contribution in [2.75, 3.05) is 11.0 Å². The molecule has 0 amide bonds. The lowest BCUT2D eigenvalue weighted by atomic mass is 10.2. The van der Waals surface area contributed by atoms with Crippen LogP contribution < -0.4 is 0 Å². The quantitative estimate of drug-likeness (QED) is 0.525. The fraction of sp³-hybridized carbons (Fsp3) is 1.00. The maximum atomic E-state index is 8.90. The van der Waals surface area contributed by atoms with E-state index in [1.165, 1.54) is 0 Å². The first kappa shape index (κ1) is 6.77. The van der Waals surface area contributed by atoms with Crippen LogP contribution in [-0.4, -0.2) is 28.3 Å². The third kappa shape index (κ3) is 1.56. The van der Waals surface area contributed by atoms with Crippen LogP contribution in [0.25, 0.3) is 0 Å². The van der Waals surface area contributed by atoms with Gasteiger partial charge in [0, 0.05) is 10.8 Å². The average molecular weight is 228 g/mol. The SMILES string of the molecule is O[C@H]1CO[C@H](CI)C1. The number of hydrogen-bond acceptors (Lipinski definition) is 2. The smallest absolute Gasteiger partial charge is 0.0798 e. The zero-order valence-corrected chi connectivity index (χ0v) is 6.67. The molecule has 0 saturated carbocycles. The summed E-state index contributed by atoms with van der Waals surface area (Å²) < 4.78 is 6.15. The molecular weight excluding hydrogens is 219 g/mol. The first-order chi connectivity index (χ1) is 3.83. The second kappa shape index (κ2) is 2.98. The molecule has 1 aliphatic rings. The van der Waals surface area contributed by atoms with Crippen molar-refractivity contribution in [1.29, 1.82) is 0 Å². The van der Waals surface area contributed by atoms with Crippen LogP contribution in [0.1, 0.15) is 6.42 Å². The number of aliphatic hydroxyl groups excluding tert-OH is 1. The average Bonchev–Trinajstić information content (AvgIpc) is 2.14. The summed E-state index contributed by atoms with van der Waals surface area (Å²) in [6.45, 7) is 0.535. The first-order valence-electron chi connectivity index (χ1n) is 2.68. The molecule has 1 heterocycles. The fourth-order valence-electron chi connectivity index (χ4n) is 0.794. The normalized spacial score (nSPS) is 38.2. The van der Waals surface area contributed by atoms with Crippen molar-refractivity contribution < 1.29 is 9.84 Å². The first-order valence-corrected chi connectivity index (χ1v) is 4.21. The molecule has 48 valence electrons. The van der Waals surface area contributed by atoms with Gasteiger partial charge in [0.25, 0.3) is 0 Å². The molecule has 8 heavy (non-hydrogen) atoms. The van der Waals surface area contributed by atoms with Crippen molar-refractivity contribution in [2.45, 2.75) is 18.6 Å². The number of alkyl halides is 1. The van der Waals surface area contributed by atoms with E-state index >= 15 is 0 Å². The van der Waals surface area contributed by atoms with Gasteiger partial charge < -0.3 is 9.84 Å². The van der Waals surface area contributed by atoms with Crippen molar-refractivity contribution in [3.8, 4) is 0 Å². The molecule has 0 aliphatic carbocycles. The molecule has 0 bridgehead atoms. The molecule has 0 unspecified atom stereocenters. The van der Waals surface area contributed by atoms with E-state index in [9.17, 15) is 0 Å². The van der Waals surface area contributed by atoms with Gasteiger partial charge in [-0.25, -0.2) is 0 Å². The maximum Gasteiger partial charge on any atom is 0.0798 e. The lowest BCUT2D eigenvalue weighted by Gasteiger charge is -2.00. The van der Waals surface area contributed by atoms with E-state index in [0.717, 1.165) is 10.8 Å². The van der Waals surface area contributed by atoms with E-state index in [4.69, 9.17) is 9.84 Å². The number of hydrogen-bond donors (Lipinski definition) is 1. The van der Waals surface area contributed by atoms with Crippen LogP contribution in [0.3, 0.4) is 0 Å². The Morgan fingerprint density at radius 2 is 2.50 bits per heavy atom. The summed E-state index contributed by atoms with van der Waals surface area (Å²) in [5, 5.41) is 8.90. The molecule has 1 saturated heterocycles. The van der Waals surface area contributed by atoms with Gasteiger partial charge in [-0.1, -0.05) is 22.6 Å². The topological polar surface area (TPSA) is 29.5 Å². The van der Waals surface area contributed by atoms with Gasteiger partial charge in [0.1, 0.15) is 0 Å². The third-order valence-corrected chi connectivity index (χ3v) is 2.21. The van der Waals surface area contributed by atoms with Gasteiger partial charge in [-0.2, -0.15) is 0 Å². The summed E-state index contributed by atoms with van der Waals surface area (Å²) in [5.41, 5.74) is 0. The summed E-state index contributed by atoms with van der Waals surface area (Å²) in [7, 11) is 0. The molecule has 2 nitrogen and oxygen atoms in total. The molecule has 1 fully saturated rings. The van der Waals surface area contributed by atoms with Crippen molar-refractivity contribution in [1.82, 2.24) is 0 Å². The monoisotopic (exact) mass is 228 g/mol. The van der Waals surface area contributed by atoms with Crippen LogP contribution in [0.4, 0.5) is 0 Å². The molecule has 0 aromatic heterocycles. The lowest BCUT2D eigenvalue weighted by Crippen LogP contribution is -2.06. The highest BCUT2D eigenvalue weighted by Gasteiger charge is 2.21. The largest absolute Gasteiger partial charge is 0.391 e. The van der Waals surface area contributed by atoms with E-state index in [1.807, 2.05) is 0 Å². The predicted octanol–water partition coefficient (Wildman–Crippen LogP) is 0.571. The van der Waals surface area contributed by atoms with Crippen molar-refractivity contribution >= 4 is 22.6 Å². The number of ether oxygens (including phenoxy) is 1. The van der Waals surface area contributed by atoms with Crippen LogP contribution in [0, 0.1) is 0 Å². The van der Waals surface area contributed by atoms with E-state index < -0.39 is 0 Å². The minimum absolute atomic E-state index is 0.199. The standard InChI is InChI=1S/C5H9IO2/c6-2-5-1-4(7)3-8-5/h4-5,7H,1-3H2/t4-,5+/m1/s1. The van der Waals surface area contributed by atoms with Crippen molar-refractivity contribution in [3.63, 3.8) is 0 Å². The van der Waals surface area contributed by atoms with E-state index in [-0.39, 0.29) is 6.10 Å². The summed E-state index contributed by atoms with van der Waals surface area (Å²) in [6, 6.07) is 0. The Balaban J connectivity index is 2.22. The highest BCUT2D eigenvalue weighted by molar-refractivity contribution is 14.1. The minimum Gasteiger partial charge on any atom is -0.391 e. The highest BCUT2D eigenvalue weighted by atomic mass is 127. The molecule has 1 N–H and O–H groups in total. The number of rotatable bonds is 1. The Hall–Kier alpha value is 0.650. The zero-order valence-electron chi connectivity index (χ0n) is 4.51. The lowest BCUT2D eigenvalue weighted by molar-refractivity contribution is 0.100. The van der Waals surface area contributed by atoms with Gasteiger partial charge in [0.2, 0.25) is 0 Å². The van der Waals surface area contributed by atoms with Gasteiger partial charge in [-0.3, -0.25) is 0 Å². The molecule has 1 aliphatic heterocycles. The second-order valence-electron chi connectivity index (χ2n) is 2.00. The molecule has 0 spiro atoms. The summed E-state index contributed by atoms with van der Waals surface area (Å²) in [6.07, 6.45) is 0.934. The summed E-state index contributed by atoms with van der Waals surface area (Å²) in [5.74, 6) is 0. The Morgan fingerprint density at radius 3 is 2.75 bits per heavy atom. The van der Waals surface area contributed by atoms with E-state index in [1.54, 1.807) is 0 Å². The Labute approximate surface area is 62.4 Å². The molecule has 0 aromatic rings. The van der Waals surface area contributed by atoms with E-state index in [0.29, 0.717) is 12.7 Å². The Kier molecular flexibility index (Phi) is 2.52. The molecular formula is C5H9IO2. The summed E-state index contributed by atoms with van der Waals surface area (Å²) in [4.78, 5) is 0. The van der Waals surface area contributed by atoms with E-state index in [2.05, 4.69) is 22.6 Å². The van der Waals surface area contributed by atoms with Crippen LogP contribution >= 0.6 is 22.6 Å². The molecule has 0 aromatic carbocycles.